The number of hydrogen-bond donors (Lipinski definition) is 1. The molecule has 0 fully saturated rings. The van der Waals surface area contributed by atoms with E-state index < -0.39 is 5.41 Å². The van der Waals surface area contributed by atoms with E-state index in [0.717, 1.165) is 12.1 Å². The van der Waals surface area contributed by atoms with Crippen LogP contribution in [-0.2, 0) is 16.7 Å². The van der Waals surface area contributed by atoms with Gasteiger partial charge in [0.05, 0.1) is 18.6 Å². The first-order valence-corrected chi connectivity index (χ1v) is 6.83. The number of methoxy groups -OCH3 is 1. The van der Waals surface area contributed by atoms with E-state index in [1.807, 2.05) is 13.8 Å². The van der Waals surface area contributed by atoms with Gasteiger partial charge >= 0.3 is 0 Å². The van der Waals surface area contributed by atoms with E-state index in [4.69, 9.17) is 9.26 Å². The first-order valence-electron chi connectivity index (χ1n) is 6.83. The van der Waals surface area contributed by atoms with Gasteiger partial charge in [0.25, 0.3) is 0 Å². The summed E-state index contributed by atoms with van der Waals surface area (Å²) in [6.07, 6.45) is 0. The molecular formula is C15H20FN3O2. The molecule has 1 aromatic carbocycles. The third-order valence-electron chi connectivity index (χ3n) is 3.35. The zero-order valence-electron chi connectivity index (χ0n) is 12.5. The molecule has 0 spiro atoms. The van der Waals surface area contributed by atoms with E-state index >= 15 is 0 Å². The zero-order valence-corrected chi connectivity index (χ0v) is 12.5. The van der Waals surface area contributed by atoms with Crippen LogP contribution in [0.3, 0.4) is 0 Å². The summed E-state index contributed by atoms with van der Waals surface area (Å²) in [5.41, 5.74) is 0.491. The second-order valence-electron chi connectivity index (χ2n) is 5.31. The molecule has 5 nitrogen and oxygen atoms in total. The molecule has 0 bridgehead atoms. The van der Waals surface area contributed by atoms with Crippen LogP contribution in [0.5, 0.6) is 0 Å². The molecular weight excluding hydrogens is 273 g/mol. The summed E-state index contributed by atoms with van der Waals surface area (Å²) in [5.74, 6) is 0.847. The van der Waals surface area contributed by atoms with Gasteiger partial charge in [0.15, 0.2) is 5.82 Å². The number of nitrogens with zero attached hydrogens (tertiary/aromatic N) is 2. The Morgan fingerprint density at radius 3 is 2.67 bits per heavy atom. The van der Waals surface area contributed by atoms with Gasteiger partial charge in [-0.2, -0.15) is 4.98 Å². The molecule has 0 saturated carbocycles. The minimum atomic E-state index is -0.442. The van der Waals surface area contributed by atoms with Gasteiger partial charge in [0, 0.05) is 13.7 Å². The molecule has 0 amide bonds. The van der Waals surface area contributed by atoms with Gasteiger partial charge in [0.1, 0.15) is 5.82 Å². The molecule has 1 N–H and O–H groups in total. The van der Waals surface area contributed by atoms with E-state index in [0.29, 0.717) is 24.9 Å². The fourth-order valence-electron chi connectivity index (χ4n) is 1.95. The number of ether oxygens (including phenoxy) is 1. The van der Waals surface area contributed by atoms with Gasteiger partial charge in [-0.15, -0.1) is 0 Å². The molecule has 6 heteroatoms. The third-order valence-corrected chi connectivity index (χ3v) is 3.35. The molecule has 1 aromatic heterocycles. The van der Waals surface area contributed by atoms with Crippen molar-refractivity contribution in [3.05, 3.63) is 47.4 Å². The van der Waals surface area contributed by atoms with Crippen LogP contribution in [0.2, 0.25) is 0 Å². The molecule has 0 aliphatic carbocycles. The van der Waals surface area contributed by atoms with Crippen LogP contribution in [0.25, 0.3) is 0 Å². The Kier molecular flexibility index (Phi) is 5.03. The molecule has 114 valence electrons. The van der Waals surface area contributed by atoms with Crippen molar-refractivity contribution in [2.75, 3.05) is 20.3 Å². The second kappa shape index (κ2) is 6.78. The average Bonchev–Trinajstić information content (AvgIpc) is 2.94. The molecule has 21 heavy (non-hydrogen) atoms. The van der Waals surface area contributed by atoms with E-state index in [1.165, 1.54) is 12.1 Å². The lowest BCUT2D eigenvalue weighted by molar-refractivity contribution is 0.197. The van der Waals surface area contributed by atoms with Crippen LogP contribution in [0.4, 0.5) is 4.39 Å². The Hall–Kier alpha value is -1.79. The normalized spacial score (nSPS) is 11.8. The third kappa shape index (κ3) is 3.86. The van der Waals surface area contributed by atoms with E-state index in [1.54, 1.807) is 19.2 Å². The van der Waals surface area contributed by atoms with Gasteiger partial charge in [-0.25, -0.2) is 4.39 Å². The first-order chi connectivity index (χ1) is 10.0. The van der Waals surface area contributed by atoms with E-state index in [2.05, 4.69) is 15.5 Å². The van der Waals surface area contributed by atoms with Crippen LogP contribution < -0.4 is 5.32 Å². The summed E-state index contributed by atoms with van der Waals surface area (Å²) in [7, 11) is 1.65. The summed E-state index contributed by atoms with van der Waals surface area (Å²) in [6, 6.07) is 6.35. The van der Waals surface area contributed by atoms with Crippen molar-refractivity contribution >= 4 is 0 Å². The van der Waals surface area contributed by atoms with Crippen molar-refractivity contribution in [1.29, 1.82) is 0 Å². The van der Waals surface area contributed by atoms with Crippen molar-refractivity contribution in [2.24, 2.45) is 0 Å². The van der Waals surface area contributed by atoms with Gasteiger partial charge in [0.2, 0.25) is 5.89 Å². The number of rotatable bonds is 7. The van der Waals surface area contributed by atoms with Gasteiger partial charge in [-0.1, -0.05) is 17.3 Å². The van der Waals surface area contributed by atoms with Gasteiger partial charge < -0.3 is 14.6 Å². The van der Waals surface area contributed by atoms with E-state index in [-0.39, 0.29) is 5.82 Å². The largest absolute Gasteiger partial charge is 0.383 e. The molecule has 0 aliphatic rings. The highest BCUT2D eigenvalue weighted by atomic mass is 19.1. The Morgan fingerprint density at radius 1 is 1.29 bits per heavy atom. The lowest BCUT2D eigenvalue weighted by atomic mass is 9.84. The Labute approximate surface area is 123 Å². The zero-order chi connectivity index (χ0) is 15.3. The number of nitrogens with one attached hydrogen (secondary N) is 1. The van der Waals surface area contributed by atoms with Crippen LogP contribution >= 0.6 is 0 Å². The molecule has 0 radical (unpaired) electrons. The second-order valence-corrected chi connectivity index (χ2v) is 5.31. The van der Waals surface area contributed by atoms with Crippen molar-refractivity contribution < 1.29 is 13.7 Å². The summed E-state index contributed by atoms with van der Waals surface area (Å²) < 4.78 is 23.2. The lowest BCUT2D eigenvalue weighted by Gasteiger charge is -2.20. The molecule has 0 atom stereocenters. The van der Waals surface area contributed by atoms with Crippen LogP contribution in [-0.4, -0.2) is 30.4 Å². The predicted octanol–water partition coefficient (Wildman–Crippen LogP) is 2.27. The summed E-state index contributed by atoms with van der Waals surface area (Å²) in [5, 5.41) is 7.18. The summed E-state index contributed by atoms with van der Waals surface area (Å²) in [6.45, 7) is 5.80. The minimum Gasteiger partial charge on any atom is -0.383 e. The number of benzene rings is 1. The van der Waals surface area contributed by atoms with Crippen molar-refractivity contribution in [2.45, 2.75) is 25.8 Å². The molecule has 0 aliphatic heterocycles. The summed E-state index contributed by atoms with van der Waals surface area (Å²) >= 11 is 0. The highest BCUT2D eigenvalue weighted by Gasteiger charge is 2.28. The fraction of sp³-hybridized carbons (Fsp3) is 0.467. The standard InChI is InChI=1S/C15H20FN3O2/c1-15(2,11-4-6-12(16)7-5-11)14-18-13(21-19-14)10-17-8-9-20-3/h4-7,17H,8-10H2,1-3H3. The molecule has 0 saturated heterocycles. The lowest BCUT2D eigenvalue weighted by Crippen LogP contribution is -2.21. The Bertz CT molecular complexity index is 567. The first kappa shape index (κ1) is 15.6. The molecule has 0 unspecified atom stereocenters. The highest BCUT2D eigenvalue weighted by molar-refractivity contribution is 5.30. The quantitative estimate of drug-likeness (QED) is 0.794. The maximum atomic E-state index is 13.0. The smallest absolute Gasteiger partial charge is 0.240 e. The number of hydrogen-bond acceptors (Lipinski definition) is 5. The van der Waals surface area contributed by atoms with Gasteiger partial charge in [-0.05, 0) is 31.5 Å². The number of aromatic nitrogens is 2. The van der Waals surface area contributed by atoms with Crippen molar-refractivity contribution in [1.82, 2.24) is 15.5 Å². The Morgan fingerprint density at radius 2 is 2.00 bits per heavy atom. The highest BCUT2D eigenvalue weighted by Crippen LogP contribution is 2.29. The maximum Gasteiger partial charge on any atom is 0.240 e. The molecule has 2 rings (SSSR count). The fourth-order valence-corrected chi connectivity index (χ4v) is 1.95. The van der Waals surface area contributed by atoms with Crippen molar-refractivity contribution in [3.63, 3.8) is 0 Å². The molecule has 1 heterocycles. The SMILES string of the molecule is COCCNCc1nc(C(C)(C)c2ccc(F)cc2)no1. The van der Waals surface area contributed by atoms with Gasteiger partial charge in [-0.3, -0.25) is 0 Å². The monoisotopic (exact) mass is 293 g/mol. The number of halogens is 1. The maximum absolute atomic E-state index is 13.0. The predicted molar refractivity (Wildman–Crippen MR) is 76.4 cm³/mol. The molecule has 2 aromatic rings. The van der Waals surface area contributed by atoms with Crippen LogP contribution in [0, 0.1) is 5.82 Å². The Balaban J connectivity index is 2.06. The van der Waals surface area contributed by atoms with Crippen LogP contribution in [0.15, 0.2) is 28.8 Å². The average molecular weight is 293 g/mol. The van der Waals surface area contributed by atoms with Crippen molar-refractivity contribution in [3.8, 4) is 0 Å². The van der Waals surface area contributed by atoms with E-state index in [9.17, 15) is 4.39 Å². The summed E-state index contributed by atoms with van der Waals surface area (Å²) in [4.78, 5) is 4.40. The minimum absolute atomic E-state index is 0.259. The van der Waals surface area contributed by atoms with Crippen LogP contribution in [0.1, 0.15) is 31.1 Å². The topological polar surface area (TPSA) is 60.2 Å².